The largest absolute Gasteiger partial charge is 0.494 e. The summed E-state index contributed by atoms with van der Waals surface area (Å²) in [6, 6.07) is 11.9. The second-order valence-corrected chi connectivity index (χ2v) is 6.68. The molecule has 0 aliphatic carbocycles. The maximum absolute atomic E-state index is 14.6. The van der Waals surface area contributed by atoms with Gasteiger partial charge in [-0.1, -0.05) is 45.9 Å². The molecule has 2 aliphatic rings. The molecule has 5 rings (SSSR count). The van der Waals surface area contributed by atoms with E-state index in [-0.39, 0.29) is 34.1 Å². The van der Waals surface area contributed by atoms with Crippen molar-refractivity contribution in [2.75, 3.05) is 14.2 Å². The number of benzene rings is 3. The molecular formula is C26H26F2O5. The van der Waals surface area contributed by atoms with Crippen LogP contribution in [0, 0.1) is 11.6 Å². The molecule has 0 fully saturated rings. The molecular weight excluding hydrogens is 430 g/mol. The fraction of sp³-hybridized carbons (Fsp3) is 0.269. The maximum atomic E-state index is 14.6. The van der Waals surface area contributed by atoms with Gasteiger partial charge in [0.05, 0.1) is 30.9 Å². The second kappa shape index (κ2) is 9.48. The summed E-state index contributed by atoms with van der Waals surface area (Å²) in [5.41, 5.74) is -0.280. The third-order valence-electron chi connectivity index (χ3n) is 5.26. The highest BCUT2D eigenvalue weighted by molar-refractivity contribution is 5.97. The first-order valence-corrected chi connectivity index (χ1v) is 10.8. The highest BCUT2D eigenvalue weighted by Gasteiger charge is 2.54. The van der Waals surface area contributed by atoms with Crippen LogP contribution in [0.15, 0.2) is 48.5 Å². The van der Waals surface area contributed by atoms with Crippen LogP contribution in [-0.4, -0.2) is 20.2 Å². The third kappa shape index (κ3) is 3.57. The number of fused-ring (bicyclic) bond motifs is 6. The molecule has 0 unspecified atom stereocenters. The highest BCUT2D eigenvalue weighted by Crippen LogP contribution is 2.57. The predicted molar refractivity (Wildman–Crippen MR) is 120 cm³/mol. The van der Waals surface area contributed by atoms with E-state index in [2.05, 4.69) is 0 Å². The summed E-state index contributed by atoms with van der Waals surface area (Å²) in [5.74, 6) is -1.52. The summed E-state index contributed by atoms with van der Waals surface area (Å²) in [5, 5.41) is 0. The Labute approximate surface area is 191 Å². The van der Waals surface area contributed by atoms with E-state index in [0.717, 1.165) is 0 Å². The second-order valence-electron chi connectivity index (χ2n) is 6.68. The minimum atomic E-state index is -1.56. The monoisotopic (exact) mass is 456 g/mol. The molecule has 5 nitrogen and oxygen atoms in total. The molecule has 0 N–H and O–H groups in total. The average molecular weight is 456 g/mol. The lowest BCUT2D eigenvalue weighted by atomic mass is 9.77. The molecule has 0 atom stereocenters. The van der Waals surface area contributed by atoms with E-state index in [1.165, 1.54) is 38.5 Å². The average Bonchev–Trinajstić information content (AvgIpc) is 3.15. The smallest absolute Gasteiger partial charge is 0.340 e. The summed E-state index contributed by atoms with van der Waals surface area (Å²) in [4.78, 5) is 12.7. The van der Waals surface area contributed by atoms with Gasteiger partial charge in [-0.3, -0.25) is 0 Å². The van der Waals surface area contributed by atoms with Gasteiger partial charge < -0.3 is 18.9 Å². The third-order valence-corrected chi connectivity index (χ3v) is 5.26. The van der Waals surface area contributed by atoms with Gasteiger partial charge in [0.1, 0.15) is 11.5 Å². The molecule has 2 heterocycles. The standard InChI is InChI=1S/C22H14F2O5.2C2H6/c1-26-19-9-17-13(7-15(19)23)22(12-6-4-3-5-11(12)21(25)29-22)14-8-16(24)20(27-2)10-18(14)28-17;2*1-2/h3-10H,1-2H3;2*1-2H3. The van der Waals surface area contributed by atoms with Crippen LogP contribution in [0.3, 0.4) is 0 Å². The number of halogens is 2. The van der Waals surface area contributed by atoms with Crippen LogP contribution in [0.5, 0.6) is 23.0 Å². The van der Waals surface area contributed by atoms with E-state index < -0.39 is 23.2 Å². The molecule has 7 heteroatoms. The molecule has 0 saturated heterocycles. The Morgan fingerprint density at radius 1 is 0.758 bits per heavy atom. The number of hydrogen-bond acceptors (Lipinski definition) is 5. The van der Waals surface area contributed by atoms with Gasteiger partial charge in [-0.25, -0.2) is 13.6 Å². The summed E-state index contributed by atoms with van der Waals surface area (Å²) < 4.78 is 51.2. The minimum Gasteiger partial charge on any atom is -0.494 e. The lowest BCUT2D eigenvalue weighted by molar-refractivity contribution is 0.0221. The summed E-state index contributed by atoms with van der Waals surface area (Å²) >= 11 is 0. The molecule has 3 aromatic carbocycles. The lowest BCUT2D eigenvalue weighted by Crippen LogP contribution is -2.33. The van der Waals surface area contributed by atoms with Crippen molar-refractivity contribution in [2.45, 2.75) is 33.3 Å². The first-order chi connectivity index (χ1) is 16.0. The molecule has 2 aliphatic heterocycles. The first-order valence-electron chi connectivity index (χ1n) is 10.8. The van der Waals surface area contributed by atoms with E-state index in [1.54, 1.807) is 24.3 Å². The summed E-state index contributed by atoms with van der Waals surface area (Å²) in [6.07, 6.45) is 0. The zero-order valence-electron chi connectivity index (χ0n) is 19.4. The van der Waals surface area contributed by atoms with Gasteiger partial charge in [-0.2, -0.15) is 0 Å². The quantitative estimate of drug-likeness (QED) is 0.407. The Bertz CT molecular complexity index is 1130. The molecule has 0 amide bonds. The number of rotatable bonds is 2. The number of carbonyl (C=O) groups is 1. The van der Waals surface area contributed by atoms with E-state index >= 15 is 0 Å². The van der Waals surface area contributed by atoms with Gasteiger partial charge in [0.25, 0.3) is 0 Å². The number of hydrogen-bond donors (Lipinski definition) is 0. The van der Waals surface area contributed by atoms with Crippen molar-refractivity contribution in [3.8, 4) is 23.0 Å². The van der Waals surface area contributed by atoms with Crippen molar-refractivity contribution in [3.63, 3.8) is 0 Å². The first kappa shape index (κ1) is 24.0. The van der Waals surface area contributed by atoms with Crippen molar-refractivity contribution < 1.29 is 32.5 Å². The number of carbonyl (C=O) groups excluding carboxylic acids is 1. The van der Waals surface area contributed by atoms with Crippen LogP contribution >= 0.6 is 0 Å². The zero-order chi connectivity index (χ0) is 24.3. The maximum Gasteiger partial charge on any atom is 0.340 e. The van der Waals surface area contributed by atoms with Crippen molar-refractivity contribution in [1.29, 1.82) is 0 Å². The Balaban J connectivity index is 0.000000728. The normalized spacial score (nSPS) is 13.6. The fourth-order valence-corrected chi connectivity index (χ4v) is 3.98. The molecule has 33 heavy (non-hydrogen) atoms. The molecule has 1 spiro atoms. The van der Waals surface area contributed by atoms with Gasteiger partial charge in [-0.15, -0.1) is 0 Å². The van der Waals surface area contributed by atoms with Crippen molar-refractivity contribution in [3.05, 3.63) is 82.4 Å². The van der Waals surface area contributed by atoms with E-state index in [1.807, 2.05) is 27.7 Å². The van der Waals surface area contributed by atoms with Gasteiger partial charge in [-0.05, 0) is 18.2 Å². The van der Waals surface area contributed by atoms with Crippen LogP contribution in [0.1, 0.15) is 54.7 Å². The summed E-state index contributed by atoms with van der Waals surface area (Å²) in [6.45, 7) is 8.00. The highest BCUT2D eigenvalue weighted by atomic mass is 19.1. The molecule has 0 radical (unpaired) electrons. The van der Waals surface area contributed by atoms with E-state index in [4.69, 9.17) is 18.9 Å². The molecule has 174 valence electrons. The molecule has 0 bridgehead atoms. The SMILES string of the molecule is CC.CC.COc1cc2c(cc1F)C1(OC(=O)c3ccccc31)c1cc(F)c(OC)cc1O2. The minimum absolute atomic E-state index is 0.0333. The van der Waals surface area contributed by atoms with Crippen LogP contribution in [0.2, 0.25) is 0 Å². The van der Waals surface area contributed by atoms with Crippen LogP contribution < -0.4 is 14.2 Å². The van der Waals surface area contributed by atoms with E-state index in [9.17, 15) is 13.6 Å². The van der Waals surface area contributed by atoms with Crippen LogP contribution in [-0.2, 0) is 10.3 Å². The Hall–Kier alpha value is -3.61. The predicted octanol–water partition coefficient (Wildman–Crippen LogP) is 6.60. The fourth-order valence-electron chi connectivity index (χ4n) is 3.98. The van der Waals surface area contributed by atoms with Crippen LogP contribution in [0.25, 0.3) is 0 Å². The molecule has 0 aromatic heterocycles. The summed E-state index contributed by atoms with van der Waals surface area (Å²) in [7, 11) is 2.67. The molecule has 0 saturated carbocycles. The Morgan fingerprint density at radius 2 is 1.24 bits per heavy atom. The topological polar surface area (TPSA) is 54.0 Å². The lowest BCUT2D eigenvalue weighted by Gasteiger charge is -2.36. The van der Waals surface area contributed by atoms with Crippen molar-refractivity contribution in [2.24, 2.45) is 0 Å². The van der Waals surface area contributed by atoms with Crippen LogP contribution in [0.4, 0.5) is 8.78 Å². The Kier molecular flexibility index (Phi) is 6.91. The van der Waals surface area contributed by atoms with E-state index in [0.29, 0.717) is 11.1 Å². The van der Waals surface area contributed by atoms with Crippen molar-refractivity contribution in [1.82, 2.24) is 0 Å². The van der Waals surface area contributed by atoms with Gasteiger partial charge >= 0.3 is 5.97 Å². The number of esters is 1. The number of methoxy groups -OCH3 is 2. The van der Waals surface area contributed by atoms with Gasteiger partial charge in [0.2, 0.25) is 0 Å². The number of ether oxygens (including phenoxy) is 4. The molecule has 3 aromatic rings. The van der Waals surface area contributed by atoms with Gasteiger partial charge in [0, 0.05) is 17.7 Å². The van der Waals surface area contributed by atoms with Crippen molar-refractivity contribution >= 4 is 5.97 Å². The Morgan fingerprint density at radius 3 is 1.73 bits per heavy atom. The van der Waals surface area contributed by atoms with Gasteiger partial charge in [0.15, 0.2) is 28.7 Å². The zero-order valence-corrected chi connectivity index (χ0v) is 19.4.